The molecule has 118 valence electrons. The summed E-state index contributed by atoms with van der Waals surface area (Å²) in [5.41, 5.74) is 0.134. The van der Waals surface area contributed by atoms with Crippen LogP contribution in [-0.2, 0) is 10.2 Å². The van der Waals surface area contributed by atoms with Crippen molar-refractivity contribution in [3.63, 3.8) is 0 Å². The first-order valence-corrected chi connectivity index (χ1v) is 8.75. The fourth-order valence-electron chi connectivity index (χ4n) is 2.92. The Morgan fingerprint density at radius 1 is 1.24 bits per heavy atom. The lowest BCUT2D eigenvalue weighted by Crippen LogP contribution is -2.30. The third kappa shape index (κ3) is 4.55. The summed E-state index contributed by atoms with van der Waals surface area (Å²) < 4.78 is 0. The largest absolute Gasteiger partial charge is 0.481 e. The van der Waals surface area contributed by atoms with Crippen molar-refractivity contribution in [2.24, 2.45) is 0 Å². The van der Waals surface area contributed by atoms with Crippen molar-refractivity contribution in [2.75, 3.05) is 13.1 Å². The minimum Gasteiger partial charge on any atom is -0.481 e. The second kappa shape index (κ2) is 6.93. The molecule has 0 radical (unpaired) electrons. The number of thiophene rings is 1. The Kier molecular flexibility index (Phi) is 5.44. The summed E-state index contributed by atoms with van der Waals surface area (Å²) in [6.07, 6.45) is 5.13. The van der Waals surface area contributed by atoms with E-state index in [1.165, 1.54) is 35.4 Å². The Morgan fingerprint density at radius 3 is 2.33 bits per heavy atom. The first-order chi connectivity index (χ1) is 9.88. The summed E-state index contributed by atoms with van der Waals surface area (Å²) in [4.78, 5) is 16.2. The van der Waals surface area contributed by atoms with Gasteiger partial charge < -0.3 is 5.11 Å². The molecule has 0 saturated carbocycles. The van der Waals surface area contributed by atoms with Crippen molar-refractivity contribution in [1.29, 1.82) is 0 Å². The van der Waals surface area contributed by atoms with Gasteiger partial charge in [0.05, 0.1) is 12.5 Å². The Balaban J connectivity index is 2.22. The minimum atomic E-state index is -0.699. The summed E-state index contributed by atoms with van der Waals surface area (Å²) in [6.45, 7) is 8.68. The molecule has 3 nitrogen and oxygen atoms in total. The molecule has 2 heterocycles. The van der Waals surface area contributed by atoms with Crippen LogP contribution in [0.15, 0.2) is 12.1 Å². The van der Waals surface area contributed by atoms with E-state index in [-0.39, 0.29) is 17.9 Å². The zero-order chi connectivity index (χ0) is 15.5. The number of carbonyl (C=O) groups is 1. The monoisotopic (exact) mass is 309 g/mol. The molecule has 0 spiro atoms. The zero-order valence-electron chi connectivity index (χ0n) is 13.4. The molecule has 1 aromatic rings. The summed E-state index contributed by atoms with van der Waals surface area (Å²) in [7, 11) is 0. The van der Waals surface area contributed by atoms with E-state index < -0.39 is 5.97 Å². The van der Waals surface area contributed by atoms with E-state index in [1.807, 2.05) is 0 Å². The van der Waals surface area contributed by atoms with Gasteiger partial charge in [0.15, 0.2) is 0 Å². The molecular formula is C17H27NO2S. The van der Waals surface area contributed by atoms with Crippen molar-refractivity contribution < 1.29 is 9.90 Å². The molecule has 1 saturated heterocycles. The van der Waals surface area contributed by atoms with Crippen molar-refractivity contribution in [2.45, 2.75) is 64.3 Å². The fraction of sp³-hybridized carbons (Fsp3) is 0.706. The van der Waals surface area contributed by atoms with Gasteiger partial charge in [-0.3, -0.25) is 9.69 Å². The Bertz CT molecular complexity index is 467. The number of likely N-dealkylation sites (tertiary alicyclic amines) is 1. The van der Waals surface area contributed by atoms with E-state index in [4.69, 9.17) is 0 Å². The maximum absolute atomic E-state index is 11.3. The summed E-state index contributed by atoms with van der Waals surface area (Å²) >= 11 is 1.79. The summed E-state index contributed by atoms with van der Waals surface area (Å²) in [6, 6.07) is 4.36. The van der Waals surface area contributed by atoms with E-state index in [0.29, 0.717) is 0 Å². The van der Waals surface area contributed by atoms with Gasteiger partial charge in [0.1, 0.15) is 0 Å². The molecule has 1 aliphatic rings. The number of aliphatic carboxylic acids is 1. The average Bonchev–Trinajstić information content (AvgIpc) is 2.72. The highest BCUT2D eigenvalue weighted by molar-refractivity contribution is 7.12. The first-order valence-electron chi connectivity index (χ1n) is 7.94. The first kappa shape index (κ1) is 16.5. The van der Waals surface area contributed by atoms with E-state index in [1.54, 1.807) is 11.3 Å². The molecule has 21 heavy (non-hydrogen) atoms. The highest BCUT2D eigenvalue weighted by Crippen LogP contribution is 2.36. The van der Waals surface area contributed by atoms with Gasteiger partial charge in [-0.25, -0.2) is 0 Å². The van der Waals surface area contributed by atoms with E-state index >= 15 is 0 Å². The molecule has 1 unspecified atom stereocenters. The molecule has 1 aromatic heterocycles. The number of carboxylic acid groups (broad SMARTS) is 1. The van der Waals surface area contributed by atoms with Crippen LogP contribution >= 0.6 is 11.3 Å². The van der Waals surface area contributed by atoms with E-state index in [2.05, 4.69) is 37.8 Å². The molecular weight excluding hydrogens is 282 g/mol. The second-order valence-electron chi connectivity index (χ2n) is 7.02. The standard InChI is InChI=1S/C17H27NO2S/c1-17(2,3)15-9-8-14(21-15)13(12-16(19)20)18-10-6-4-5-7-11-18/h8-9,13H,4-7,10-12H2,1-3H3,(H,19,20). The molecule has 2 rings (SSSR count). The van der Waals surface area contributed by atoms with Gasteiger partial charge in [-0.2, -0.15) is 0 Å². The van der Waals surface area contributed by atoms with Crippen molar-refractivity contribution in [3.8, 4) is 0 Å². The third-order valence-corrected chi connectivity index (χ3v) is 5.76. The quantitative estimate of drug-likeness (QED) is 0.894. The van der Waals surface area contributed by atoms with Crippen LogP contribution in [0.3, 0.4) is 0 Å². The summed E-state index contributed by atoms with van der Waals surface area (Å²) in [5.74, 6) is -0.699. The maximum atomic E-state index is 11.3. The lowest BCUT2D eigenvalue weighted by molar-refractivity contribution is -0.138. The molecule has 4 heteroatoms. The van der Waals surface area contributed by atoms with Crippen LogP contribution in [0.1, 0.15) is 68.7 Å². The van der Waals surface area contributed by atoms with Gasteiger partial charge in [0.2, 0.25) is 0 Å². The predicted molar refractivity (Wildman–Crippen MR) is 88.1 cm³/mol. The van der Waals surface area contributed by atoms with Gasteiger partial charge in [0.25, 0.3) is 0 Å². The number of carboxylic acids is 1. The topological polar surface area (TPSA) is 40.5 Å². The lowest BCUT2D eigenvalue weighted by atomic mass is 9.95. The van der Waals surface area contributed by atoms with Gasteiger partial charge in [-0.05, 0) is 43.5 Å². The smallest absolute Gasteiger partial charge is 0.305 e. The Hall–Kier alpha value is -0.870. The molecule has 1 atom stereocenters. The van der Waals surface area contributed by atoms with Gasteiger partial charge in [0, 0.05) is 9.75 Å². The van der Waals surface area contributed by atoms with Crippen LogP contribution in [0.4, 0.5) is 0 Å². The maximum Gasteiger partial charge on any atom is 0.305 e. The number of nitrogens with zero attached hydrogens (tertiary/aromatic N) is 1. The van der Waals surface area contributed by atoms with Crippen molar-refractivity contribution in [1.82, 2.24) is 4.90 Å². The normalized spacial score (nSPS) is 19.2. The second-order valence-corrected chi connectivity index (χ2v) is 8.13. The van der Waals surface area contributed by atoms with Gasteiger partial charge in [-0.15, -0.1) is 11.3 Å². The molecule has 0 aromatic carbocycles. The molecule has 0 amide bonds. The molecule has 0 bridgehead atoms. The van der Waals surface area contributed by atoms with Crippen LogP contribution < -0.4 is 0 Å². The minimum absolute atomic E-state index is 0.0432. The predicted octanol–water partition coefficient (Wildman–Crippen LogP) is 4.44. The van der Waals surface area contributed by atoms with E-state index in [9.17, 15) is 9.90 Å². The number of hydrogen-bond donors (Lipinski definition) is 1. The Morgan fingerprint density at radius 2 is 1.86 bits per heavy atom. The van der Waals surface area contributed by atoms with Crippen LogP contribution in [0, 0.1) is 0 Å². The third-order valence-electron chi connectivity index (χ3n) is 4.14. The van der Waals surface area contributed by atoms with Gasteiger partial charge in [-0.1, -0.05) is 33.6 Å². The fourth-order valence-corrected chi connectivity index (χ4v) is 4.12. The number of rotatable bonds is 4. The van der Waals surface area contributed by atoms with E-state index in [0.717, 1.165) is 13.1 Å². The van der Waals surface area contributed by atoms with Crippen LogP contribution in [0.2, 0.25) is 0 Å². The van der Waals surface area contributed by atoms with Crippen LogP contribution in [-0.4, -0.2) is 29.1 Å². The van der Waals surface area contributed by atoms with Crippen molar-refractivity contribution in [3.05, 3.63) is 21.9 Å². The number of hydrogen-bond acceptors (Lipinski definition) is 3. The van der Waals surface area contributed by atoms with Gasteiger partial charge >= 0.3 is 5.97 Å². The molecule has 0 aliphatic carbocycles. The zero-order valence-corrected chi connectivity index (χ0v) is 14.2. The van der Waals surface area contributed by atoms with Crippen LogP contribution in [0.25, 0.3) is 0 Å². The average molecular weight is 309 g/mol. The molecule has 1 N–H and O–H groups in total. The molecule has 1 fully saturated rings. The molecule has 1 aliphatic heterocycles. The Labute approximate surface area is 132 Å². The highest BCUT2D eigenvalue weighted by atomic mass is 32.1. The highest BCUT2D eigenvalue weighted by Gasteiger charge is 2.27. The van der Waals surface area contributed by atoms with Crippen LogP contribution in [0.5, 0.6) is 0 Å². The summed E-state index contributed by atoms with van der Waals surface area (Å²) in [5, 5.41) is 9.29. The SMILES string of the molecule is CC(C)(C)c1ccc(C(CC(=O)O)N2CCCCCC2)s1. The van der Waals surface area contributed by atoms with Crippen molar-refractivity contribution >= 4 is 17.3 Å². The lowest BCUT2D eigenvalue weighted by Gasteiger charge is -2.29.